The minimum atomic E-state index is -0.510. The van der Waals surface area contributed by atoms with Gasteiger partial charge in [-0.15, -0.1) is 11.3 Å². The fourth-order valence-corrected chi connectivity index (χ4v) is 2.16. The Kier molecular flexibility index (Phi) is 2.84. The highest BCUT2D eigenvalue weighted by molar-refractivity contribution is 7.13. The Labute approximate surface area is 96.5 Å². The van der Waals surface area contributed by atoms with Crippen molar-refractivity contribution in [1.29, 1.82) is 0 Å². The molecule has 0 aliphatic heterocycles. The molecule has 0 unspecified atom stereocenters. The lowest BCUT2D eigenvalue weighted by molar-refractivity contribution is 0.107. The highest BCUT2D eigenvalue weighted by atomic mass is 35.5. The molecule has 2 aromatic rings. The highest BCUT2D eigenvalue weighted by Crippen LogP contribution is 2.24. The first kappa shape index (κ1) is 10.3. The van der Waals surface area contributed by atoms with Gasteiger partial charge in [-0.1, -0.05) is 29.8 Å². The Morgan fingerprint density at radius 1 is 1.33 bits per heavy atom. The number of hydrogen-bond acceptors (Lipinski definition) is 3. The van der Waals surface area contributed by atoms with Gasteiger partial charge in [0.15, 0.2) is 0 Å². The minimum absolute atomic E-state index is 0.317. The van der Waals surface area contributed by atoms with Crippen molar-refractivity contribution < 1.29 is 4.79 Å². The molecule has 0 amide bonds. The van der Waals surface area contributed by atoms with Gasteiger partial charge in [-0.3, -0.25) is 4.79 Å². The molecule has 1 heterocycles. The average molecular weight is 238 g/mol. The summed E-state index contributed by atoms with van der Waals surface area (Å²) in [5.41, 5.74) is 2.52. The number of aryl methyl sites for hydroxylation is 1. The molecule has 2 rings (SSSR count). The molecule has 0 saturated carbocycles. The summed E-state index contributed by atoms with van der Waals surface area (Å²) in [5, 5.41) is 1.98. The fourth-order valence-electron chi connectivity index (χ4n) is 1.19. The van der Waals surface area contributed by atoms with Gasteiger partial charge < -0.3 is 0 Å². The maximum Gasteiger partial charge on any atom is 0.271 e. The largest absolute Gasteiger partial charge is 0.274 e. The second kappa shape index (κ2) is 4.13. The van der Waals surface area contributed by atoms with E-state index >= 15 is 0 Å². The first-order chi connectivity index (χ1) is 7.16. The molecule has 0 fully saturated rings. The molecular formula is C11H8ClNOS. The predicted molar refractivity (Wildman–Crippen MR) is 62.5 cm³/mol. The summed E-state index contributed by atoms with van der Waals surface area (Å²) in [6.45, 7) is 2.03. The van der Waals surface area contributed by atoms with Gasteiger partial charge in [0.25, 0.3) is 5.24 Å². The van der Waals surface area contributed by atoms with Gasteiger partial charge in [-0.2, -0.15) is 0 Å². The van der Waals surface area contributed by atoms with Crippen LogP contribution in [-0.4, -0.2) is 10.2 Å². The van der Waals surface area contributed by atoms with E-state index in [9.17, 15) is 4.79 Å². The van der Waals surface area contributed by atoms with Crippen molar-refractivity contribution in [3.05, 3.63) is 40.9 Å². The van der Waals surface area contributed by atoms with Crippen LogP contribution in [0, 0.1) is 6.92 Å². The van der Waals surface area contributed by atoms with E-state index in [0.29, 0.717) is 5.69 Å². The molecule has 0 atom stereocenters. The van der Waals surface area contributed by atoms with E-state index in [1.54, 1.807) is 5.38 Å². The second-order valence-electron chi connectivity index (χ2n) is 3.18. The monoisotopic (exact) mass is 237 g/mol. The summed E-state index contributed by atoms with van der Waals surface area (Å²) in [6, 6.07) is 7.99. The number of nitrogens with zero attached hydrogens (tertiary/aromatic N) is 1. The minimum Gasteiger partial charge on any atom is -0.274 e. The quantitative estimate of drug-likeness (QED) is 0.749. The van der Waals surface area contributed by atoms with Crippen LogP contribution in [0.2, 0.25) is 0 Å². The van der Waals surface area contributed by atoms with E-state index in [4.69, 9.17) is 11.6 Å². The fraction of sp³-hybridized carbons (Fsp3) is 0.0909. The van der Waals surface area contributed by atoms with E-state index in [0.717, 1.165) is 10.6 Å². The molecule has 0 bridgehead atoms. The zero-order chi connectivity index (χ0) is 10.8. The molecule has 0 N–H and O–H groups in total. The first-order valence-corrected chi connectivity index (χ1v) is 5.65. The summed E-state index contributed by atoms with van der Waals surface area (Å²) in [4.78, 5) is 15.0. The number of halogens is 1. The normalized spacial score (nSPS) is 10.3. The third-order valence-corrected chi connectivity index (χ3v) is 3.09. The van der Waals surface area contributed by atoms with Crippen LogP contribution in [0.5, 0.6) is 0 Å². The van der Waals surface area contributed by atoms with Crippen LogP contribution >= 0.6 is 22.9 Å². The molecule has 0 spiro atoms. The summed E-state index contributed by atoms with van der Waals surface area (Å²) in [7, 11) is 0. The van der Waals surface area contributed by atoms with Crippen LogP contribution in [0.25, 0.3) is 10.6 Å². The van der Waals surface area contributed by atoms with Gasteiger partial charge in [0.2, 0.25) is 0 Å². The van der Waals surface area contributed by atoms with Crippen molar-refractivity contribution >= 4 is 28.2 Å². The van der Waals surface area contributed by atoms with Crippen molar-refractivity contribution in [2.75, 3.05) is 0 Å². The number of carbonyl (C=O) groups is 1. The average Bonchev–Trinajstić information content (AvgIpc) is 2.68. The number of carbonyl (C=O) groups excluding carboxylic acids is 1. The molecule has 4 heteroatoms. The molecule has 15 heavy (non-hydrogen) atoms. The predicted octanol–water partition coefficient (Wildman–Crippen LogP) is 3.50. The standard InChI is InChI=1S/C11H8ClNOS/c1-7-2-4-8(5-3-7)11-13-9(6-15-11)10(12)14/h2-6H,1H3. The molecule has 0 radical (unpaired) electrons. The Bertz CT molecular complexity index is 490. The molecule has 0 saturated heterocycles. The highest BCUT2D eigenvalue weighted by Gasteiger charge is 2.08. The summed E-state index contributed by atoms with van der Waals surface area (Å²) < 4.78 is 0. The Morgan fingerprint density at radius 2 is 2.00 bits per heavy atom. The van der Waals surface area contributed by atoms with Crippen molar-refractivity contribution in [2.24, 2.45) is 0 Å². The van der Waals surface area contributed by atoms with Gasteiger partial charge in [0, 0.05) is 10.9 Å². The molecule has 0 aliphatic rings. The number of thiazole rings is 1. The van der Waals surface area contributed by atoms with Gasteiger partial charge in [-0.25, -0.2) is 4.98 Å². The smallest absolute Gasteiger partial charge is 0.271 e. The molecular weight excluding hydrogens is 230 g/mol. The Hall–Kier alpha value is -1.19. The number of benzene rings is 1. The SMILES string of the molecule is Cc1ccc(-c2nc(C(=O)Cl)cs2)cc1. The van der Waals surface area contributed by atoms with Crippen LogP contribution in [0.1, 0.15) is 16.1 Å². The zero-order valence-electron chi connectivity index (χ0n) is 8.03. The summed E-state index contributed by atoms with van der Waals surface area (Å²) in [5.74, 6) is 0. The van der Waals surface area contributed by atoms with Gasteiger partial charge in [-0.05, 0) is 18.5 Å². The lowest BCUT2D eigenvalue weighted by Crippen LogP contribution is -1.87. The molecule has 2 nitrogen and oxygen atoms in total. The van der Waals surface area contributed by atoms with Crippen molar-refractivity contribution in [3.63, 3.8) is 0 Å². The van der Waals surface area contributed by atoms with E-state index < -0.39 is 5.24 Å². The van der Waals surface area contributed by atoms with Gasteiger partial charge in [0.1, 0.15) is 10.7 Å². The van der Waals surface area contributed by atoms with Gasteiger partial charge >= 0.3 is 0 Å². The Morgan fingerprint density at radius 3 is 2.53 bits per heavy atom. The lowest BCUT2D eigenvalue weighted by Gasteiger charge is -1.96. The number of hydrogen-bond donors (Lipinski definition) is 0. The van der Waals surface area contributed by atoms with E-state index in [1.807, 2.05) is 31.2 Å². The molecule has 0 aliphatic carbocycles. The molecule has 1 aromatic carbocycles. The first-order valence-electron chi connectivity index (χ1n) is 4.39. The number of aromatic nitrogens is 1. The molecule has 76 valence electrons. The van der Waals surface area contributed by atoms with Gasteiger partial charge in [0.05, 0.1) is 0 Å². The summed E-state index contributed by atoms with van der Waals surface area (Å²) in [6.07, 6.45) is 0. The lowest BCUT2D eigenvalue weighted by atomic mass is 10.2. The van der Waals surface area contributed by atoms with Crippen LogP contribution in [0.15, 0.2) is 29.6 Å². The molecule has 1 aromatic heterocycles. The maximum atomic E-state index is 10.9. The van der Waals surface area contributed by atoms with Crippen LogP contribution < -0.4 is 0 Å². The topological polar surface area (TPSA) is 30.0 Å². The van der Waals surface area contributed by atoms with Crippen molar-refractivity contribution in [1.82, 2.24) is 4.98 Å². The zero-order valence-corrected chi connectivity index (χ0v) is 9.60. The summed E-state index contributed by atoms with van der Waals surface area (Å²) >= 11 is 6.75. The third-order valence-electron chi connectivity index (χ3n) is 2.00. The van der Waals surface area contributed by atoms with E-state index in [-0.39, 0.29) is 0 Å². The number of rotatable bonds is 2. The van der Waals surface area contributed by atoms with Crippen LogP contribution in [0.3, 0.4) is 0 Å². The van der Waals surface area contributed by atoms with Crippen LogP contribution in [-0.2, 0) is 0 Å². The maximum absolute atomic E-state index is 10.9. The second-order valence-corrected chi connectivity index (χ2v) is 4.38. The van der Waals surface area contributed by atoms with Crippen LogP contribution in [0.4, 0.5) is 0 Å². The Balaban J connectivity index is 2.37. The van der Waals surface area contributed by atoms with Crippen molar-refractivity contribution in [2.45, 2.75) is 6.92 Å². The van der Waals surface area contributed by atoms with E-state index in [1.165, 1.54) is 16.9 Å². The van der Waals surface area contributed by atoms with Crippen molar-refractivity contribution in [3.8, 4) is 10.6 Å². The third kappa shape index (κ3) is 2.25. The van der Waals surface area contributed by atoms with E-state index in [2.05, 4.69) is 4.98 Å².